The maximum atomic E-state index is 14.4. The van der Waals surface area contributed by atoms with Crippen LogP contribution in [0.25, 0.3) is 11.4 Å². The molecule has 3 heterocycles. The predicted octanol–water partition coefficient (Wildman–Crippen LogP) is 2.28. The molecule has 34 heavy (non-hydrogen) atoms. The van der Waals surface area contributed by atoms with Crippen LogP contribution in [0.1, 0.15) is 39.3 Å². The van der Waals surface area contributed by atoms with Gasteiger partial charge in [-0.15, -0.1) is 0 Å². The van der Waals surface area contributed by atoms with Crippen LogP contribution in [0.4, 0.5) is 8.78 Å². The number of hydrogen-bond donors (Lipinski definition) is 3. The zero-order valence-electron chi connectivity index (χ0n) is 18.3. The summed E-state index contributed by atoms with van der Waals surface area (Å²) in [5, 5.41) is 8.94. The summed E-state index contributed by atoms with van der Waals surface area (Å²) in [6.07, 6.45) is 1.49. The van der Waals surface area contributed by atoms with Crippen molar-refractivity contribution in [3.8, 4) is 11.4 Å². The summed E-state index contributed by atoms with van der Waals surface area (Å²) in [5.41, 5.74) is 2.56. The number of carbonyl (C=O) groups excluding carboxylic acids is 2. The first kappa shape index (κ1) is 22.1. The van der Waals surface area contributed by atoms with Gasteiger partial charge in [0.15, 0.2) is 5.82 Å². The Labute approximate surface area is 195 Å². The lowest BCUT2D eigenvalue weighted by Crippen LogP contribution is -2.37. The van der Waals surface area contributed by atoms with E-state index in [0.29, 0.717) is 17.0 Å². The molecule has 0 unspecified atom stereocenters. The quantitative estimate of drug-likeness (QED) is 0.521. The topological polar surface area (TPSA) is 96.0 Å². The summed E-state index contributed by atoms with van der Waals surface area (Å²) in [6, 6.07) is 11.2. The fourth-order valence-electron chi connectivity index (χ4n) is 4.36. The number of aromatic nitrogens is 2. The van der Waals surface area contributed by atoms with Crippen molar-refractivity contribution in [2.45, 2.75) is 31.8 Å². The third-order valence-electron chi connectivity index (χ3n) is 6.07. The third-order valence-corrected chi connectivity index (χ3v) is 6.07. The molecule has 0 spiro atoms. The summed E-state index contributed by atoms with van der Waals surface area (Å²) < 4.78 is 28.7. The second-order valence-electron chi connectivity index (χ2n) is 8.52. The highest BCUT2D eigenvalue weighted by Crippen LogP contribution is 2.27. The second kappa shape index (κ2) is 9.26. The molecule has 0 saturated carbocycles. The van der Waals surface area contributed by atoms with Gasteiger partial charge in [-0.25, -0.2) is 18.7 Å². The average Bonchev–Trinajstić information content (AvgIpc) is 3.45. The highest BCUT2D eigenvalue weighted by molar-refractivity contribution is 5.99. The minimum atomic E-state index is -0.765. The van der Waals surface area contributed by atoms with Gasteiger partial charge >= 0.3 is 0 Å². The molecule has 7 nitrogen and oxygen atoms in total. The Kier molecular flexibility index (Phi) is 6.02. The van der Waals surface area contributed by atoms with Crippen molar-refractivity contribution in [1.29, 1.82) is 0 Å². The number of fused-ring (bicyclic) bond motifs is 1. The van der Waals surface area contributed by atoms with Gasteiger partial charge in [0.05, 0.1) is 35.5 Å². The van der Waals surface area contributed by atoms with Crippen LogP contribution in [0.15, 0.2) is 42.5 Å². The fraction of sp³-hybridized carbons (Fsp3) is 0.280. The molecule has 9 heteroatoms. The lowest BCUT2D eigenvalue weighted by atomic mass is 10.0. The number of amides is 2. The molecule has 1 aromatic heterocycles. The first-order valence-corrected chi connectivity index (χ1v) is 11.2. The van der Waals surface area contributed by atoms with E-state index in [-0.39, 0.29) is 48.6 Å². The van der Waals surface area contributed by atoms with E-state index in [1.54, 1.807) is 0 Å². The molecule has 1 fully saturated rings. The van der Waals surface area contributed by atoms with Gasteiger partial charge in [0.2, 0.25) is 5.91 Å². The monoisotopic (exact) mass is 463 g/mol. The summed E-state index contributed by atoms with van der Waals surface area (Å²) >= 11 is 0. The smallest absolute Gasteiger partial charge is 0.255 e. The molecule has 2 amide bonds. The number of halogens is 2. The molecule has 0 bridgehead atoms. The Bertz CT molecular complexity index is 1240. The van der Waals surface area contributed by atoms with Gasteiger partial charge in [-0.1, -0.05) is 30.3 Å². The van der Waals surface area contributed by atoms with E-state index in [9.17, 15) is 18.4 Å². The molecule has 2 aromatic carbocycles. The van der Waals surface area contributed by atoms with E-state index in [4.69, 9.17) is 0 Å². The standard InChI is InChI=1S/C25H23F2N5O2/c26-17-2-1-3-18(27)22(17)24-31-19(23-20(32-24)13-29-25(23)34)10-14-4-6-15(7-5-14)11-21(33)30-16-8-9-28-12-16/h1-7,16,28H,8-13H2,(H,29,34)(H,30,33)/t16-/m1/s1. The largest absolute Gasteiger partial charge is 0.352 e. The molecule has 1 atom stereocenters. The number of nitrogens with zero attached hydrogens (tertiary/aromatic N) is 2. The zero-order chi connectivity index (χ0) is 23.7. The van der Waals surface area contributed by atoms with Crippen LogP contribution < -0.4 is 16.0 Å². The van der Waals surface area contributed by atoms with Gasteiger partial charge in [0.25, 0.3) is 5.91 Å². The molecule has 174 valence electrons. The Hall–Kier alpha value is -3.72. The second-order valence-corrected chi connectivity index (χ2v) is 8.52. The van der Waals surface area contributed by atoms with Crippen molar-refractivity contribution in [2.24, 2.45) is 0 Å². The van der Waals surface area contributed by atoms with Crippen LogP contribution in [-0.2, 0) is 24.2 Å². The fourth-order valence-corrected chi connectivity index (χ4v) is 4.36. The maximum Gasteiger partial charge on any atom is 0.255 e. The van der Waals surface area contributed by atoms with Crippen LogP contribution in [0, 0.1) is 11.6 Å². The van der Waals surface area contributed by atoms with E-state index in [1.807, 2.05) is 24.3 Å². The van der Waals surface area contributed by atoms with E-state index < -0.39 is 11.6 Å². The number of carbonyl (C=O) groups is 2. The average molecular weight is 463 g/mol. The lowest BCUT2D eigenvalue weighted by molar-refractivity contribution is -0.121. The normalized spacial score (nSPS) is 16.9. The molecule has 2 aliphatic heterocycles. The Morgan fingerprint density at radius 1 is 1.03 bits per heavy atom. The number of hydrogen-bond acceptors (Lipinski definition) is 5. The molecular formula is C25H23F2N5O2. The molecule has 3 aromatic rings. The number of rotatable bonds is 6. The van der Waals surface area contributed by atoms with Crippen molar-refractivity contribution >= 4 is 11.8 Å². The van der Waals surface area contributed by atoms with Crippen molar-refractivity contribution in [3.05, 3.63) is 82.2 Å². The molecule has 0 radical (unpaired) electrons. The van der Waals surface area contributed by atoms with Gasteiger partial charge in [-0.2, -0.15) is 0 Å². The number of nitrogens with one attached hydrogen (secondary N) is 3. The molecule has 3 N–H and O–H groups in total. The third kappa shape index (κ3) is 4.51. The van der Waals surface area contributed by atoms with Gasteiger partial charge < -0.3 is 16.0 Å². The lowest BCUT2D eigenvalue weighted by Gasteiger charge is -2.12. The zero-order valence-corrected chi connectivity index (χ0v) is 18.3. The maximum absolute atomic E-state index is 14.4. The van der Waals surface area contributed by atoms with E-state index in [0.717, 1.165) is 42.8 Å². The van der Waals surface area contributed by atoms with Crippen LogP contribution in [0.5, 0.6) is 0 Å². The predicted molar refractivity (Wildman–Crippen MR) is 121 cm³/mol. The molecule has 2 aliphatic rings. The SMILES string of the molecule is O=C(Cc1ccc(Cc2nc(-c3c(F)cccc3F)nc3c2C(=O)NC3)cc1)N[C@@H]1CCNC1. The van der Waals surface area contributed by atoms with E-state index in [1.165, 1.54) is 6.07 Å². The van der Waals surface area contributed by atoms with Crippen LogP contribution >= 0.6 is 0 Å². The van der Waals surface area contributed by atoms with Crippen molar-refractivity contribution in [1.82, 2.24) is 25.9 Å². The highest BCUT2D eigenvalue weighted by Gasteiger charge is 2.28. The van der Waals surface area contributed by atoms with E-state index >= 15 is 0 Å². The van der Waals surface area contributed by atoms with Crippen molar-refractivity contribution < 1.29 is 18.4 Å². The van der Waals surface area contributed by atoms with Gasteiger partial charge in [-0.05, 0) is 36.2 Å². The van der Waals surface area contributed by atoms with Gasteiger partial charge in [0, 0.05) is 19.0 Å². The van der Waals surface area contributed by atoms with Crippen LogP contribution in [0.2, 0.25) is 0 Å². The number of benzene rings is 2. The van der Waals surface area contributed by atoms with Crippen molar-refractivity contribution in [3.63, 3.8) is 0 Å². The summed E-state index contributed by atoms with van der Waals surface area (Å²) in [4.78, 5) is 33.3. The highest BCUT2D eigenvalue weighted by atomic mass is 19.1. The molecule has 5 rings (SSSR count). The molecular weight excluding hydrogens is 440 g/mol. The van der Waals surface area contributed by atoms with Crippen LogP contribution in [0.3, 0.4) is 0 Å². The summed E-state index contributed by atoms with van der Waals surface area (Å²) in [6.45, 7) is 1.88. The van der Waals surface area contributed by atoms with Crippen LogP contribution in [-0.4, -0.2) is 40.9 Å². The summed E-state index contributed by atoms with van der Waals surface area (Å²) in [5.74, 6) is -1.95. The minimum absolute atomic E-state index is 0.0247. The molecule has 1 saturated heterocycles. The summed E-state index contributed by atoms with van der Waals surface area (Å²) in [7, 11) is 0. The molecule has 0 aliphatic carbocycles. The van der Waals surface area contributed by atoms with E-state index in [2.05, 4.69) is 25.9 Å². The van der Waals surface area contributed by atoms with Crippen molar-refractivity contribution in [2.75, 3.05) is 13.1 Å². The first-order valence-electron chi connectivity index (χ1n) is 11.2. The Morgan fingerprint density at radius 2 is 1.76 bits per heavy atom. The first-order chi connectivity index (χ1) is 16.5. The minimum Gasteiger partial charge on any atom is -0.352 e. The van der Waals surface area contributed by atoms with Gasteiger partial charge in [-0.3, -0.25) is 9.59 Å². The Balaban J connectivity index is 1.38. The Morgan fingerprint density at radius 3 is 2.47 bits per heavy atom. The van der Waals surface area contributed by atoms with Gasteiger partial charge in [0.1, 0.15) is 11.6 Å².